The summed E-state index contributed by atoms with van der Waals surface area (Å²) in [6.07, 6.45) is 2.92. The molecule has 2 unspecified atom stereocenters. The third-order valence-electron chi connectivity index (χ3n) is 3.85. The Bertz CT molecular complexity index is 200. The van der Waals surface area contributed by atoms with Crippen LogP contribution >= 0.6 is 0 Å². The highest BCUT2D eigenvalue weighted by Crippen LogP contribution is 2.36. The molecule has 1 saturated heterocycles. The fourth-order valence-corrected chi connectivity index (χ4v) is 2.45. The standard InChI is InChI=1S/C13H26N2O/c1-11(13-3-4-13)9-14-12(2)10-15-5-7-16-8-6-15/h11-14H,3-10H2,1-2H3. The second kappa shape index (κ2) is 5.99. The topological polar surface area (TPSA) is 24.5 Å². The highest BCUT2D eigenvalue weighted by atomic mass is 16.5. The van der Waals surface area contributed by atoms with E-state index >= 15 is 0 Å². The molecule has 2 atom stereocenters. The molecule has 16 heavy (non-hydrogen) atoms. The lowest BCUT2D eigenvalue weighted by Gasteiger charge is -2.29. The van der Waals surface area contributed by atoms with Gasteiger partial charge in [0.05, 0.1) is 13.2 Å². The van der Waals surface area contributed by atoms with Crippen LogP contribution in [0.1, 0.15) is 26.7 Å². The lowest BCUT2D eigenvalue weighted by atomic mass is 10.1. The van der Waals surface area contributed by atoms with Crippen LogP contribution in [-0.4, -0.2) is 50.3 Å². The van der Waals surface area contributed by atoms with Gasteiger partial charge in [0.15, 0.2) is 0 Å². The fraction of sp³-hybridized carbons (Fsp3) is 1.00. The molecule has 0 aromatic heterocycles. The molecule has 2 fully saturated rings. The van der Waals surface area contributed by atoms with Gasteiger partial charge < -0.3 is 10.1 Å². The Hall–Kier alpha value is -0.120. The molecule has 2 rings (SSSR count). The van der Waals surface area contributed by atoms with Gasteiger partial charge in [0.2, 0.25) is 0 Å². The molecule has 0 aromatic rings. The summed E-state index contributed by atoms with van der Waals surface area (Å²) in [6.45, 7) is 11.1. The first kappa shape index (κ1) is 12.3. The van der Waals surface area contributed by atoms with Crippen LogP contribution in [0.5, 0.6) is 0 Å². The van der Waals surface area contributed by atoms with Crippen LogP contribution in [0.2, 0.25) is 0 Å². The third kappa shape index (κ3) is 4.04. The van der Waals surface area contributed by atoms with Crippen LogP contribution in [0, 0.1) is 11.8 Å². The van der Waals surface area contributed by atoms with Crippen molar-refractivity contribution in [2.75, 3.05) is 39.4 Å². The number of hydrogen-bond acceptors (Lipinski definition) is 3. The average molecular weight is 226 g/mol. The zero-order chi connectivity index (χ0) is 11.4. The Kier molecular flexibility index (Phi) is 4.62. The normalized spacial score (nSPS) is 26.6. The molecule has 1 aliphatic heterocycles. The Balaban J connectivity index is 1.57. The van der Waals surface area contributed by atoms with Gasteiger partial charge in [-0.05, 0) is 38.1 Å². The molecule has 2 aliphatic rings. The van der Waals surface area contributed by atoms with Crippen LogP contribution in [0.4, 0.5) is 0 Å². The summed E-state index contributed by atoms with van der Waals surface area (Å²) in [5.74, 6) is 1.88. The molecule has 0 aromatic carbocycles. The monoisotopic (exact) mass is 226 g/mol. The minimum Gasteiger partial charge on any atom is -0.379 e. The molecular formula is C13H26N2O. The minimum absolute atomic E-state index is 0.610. The first-order chi connectivity index (χ1) is 7.75. The molecule has 0 spiro atoms. The van der Waals surface area contributed by atoms with Crippen molar-refractivity contribution in [2.24, 2.45) is 11.8 Å². The van der Waals surface area contributed by atoms with E-state index in [9.17, 15) is 0 Å². The molecule has 3 heteroatoms. The summed E-state index contributed by atoms with van der Waals surface area (Å²) in [5, 5.41) is 3.67. The Labute approximate surface area is 99.5 Å². The molecule has 1 aliphatic carbocycles. The van der Waals surface area contributed by atoms with E-state index in [0.717, 1.165) is 38.1 Å². The lowest BCUT2D eigenvalue weighted by Crippen LogP contribution is -2.45. The predicted molar refractivity (Wildman–Crippen MR) is 66.6 cm³/mol. The second-order valence-corrected chi connectivity index (χ2v) is 5.54. The highest BCUT2D eigenvalue weighted by Gasteiger charge is 2.27. The average Bonchev–Trinajstić information content (AvgIpc) is 3.11. The molecule has 3 nitrogen and oxygen atoms in total. The van der Waals surface area contributed by atoms with E-state index in [0.29, 0.717) is 6.04 Å². The van der Waals surface area contributed by atoms with Gasteiger partial charge in [-0.25, -0.2) is 0 Å². The molecule has 0 amide bonds. The number of ether oxygens (including phenoxy) is 1. The van der Waals surface area contributed by atoms with Crippen LogP contribution < -0.4 is 5.32 Å². The fourth-order valence-electron chi connectivity index (χ4n) is 2.45. The van der Waals surface area contributed by atoms with Gasteiger partial charge >= 0.3 is 0 Å². The maximum absolute atomic E-state index is 5.36. The van der Waals surface area contributed by atoms with Gasteiger partial charge in [-0.3, -0.25) is 4.90 Å². The minimum atomic E-state index is 0.610. The summed E-state index contributed by atoms with van der Waals surface area (Å²) in [6, 6.07) is 0.610. The SMILES string of the molecule is CC(CN1CCOCC1)NCC(C)C1CC1. The van der Waals surface area contributed by atoms with Crippen molar-refractivity contribution in [3.05, 3.63) is 0 Å². The van der Waals surface area contributed by atoms with E-state index in [2.05, 4.69) is 24.1 Å². The number of nitrogens with zero attached hydrogens (tertiary/aromatic N) is 1. The molecule has 1 saturated carbocycles. The molecule has 0 bridgehead atoms. The quantitative estimate of drug-likeness (QED) is 0.740. The van der Waals surface area contributed by atoms with E-state index < -0.39 is 0 Å². The number of nitrogens with one attached hydrogen (secondary N) is 1. The van der Waals surface area contributed by atoms with Crippen molar-refractivity contribution in [2.45, 2.75) is 32.7 Å². The van der Waals surface area contributed by atoms with Crippen LogP contribution in [0.3, 0.4) is 0 Å². The first-order valence-electron chi connectivity index (χ1n) is 6.79. The molecule has 1 heterocycles. The summed E-state index contributed by atoms with van der Waals surface area (Å²) >= 11 is 0. The summed E-state index contributed by atoms with van der Waals surface area (Å²) in [4.78, 5) is 2.50. The molecule has 0 radical (unpaired) electrons. The Morgan fingerprint density at radius 2 is 1.94 bits per heavy atom. The van der Waals surface area contributed by atoms with Gasteiger partial charge in [-0.15, -0.1) is 0 Å². The van der Waals surface area contributed by atoms with Crippen LogP contribution in [-0.2, 0) is 4.74 Å². The van der Waals surface area contributed by atoms with Gasteiger partial charge in [-0.2, -0.15) is 0 Å². The molecular weight excluding hydrogens is 200 g/mol. The van der Waals surface area contributed by atoms with E-state index in [1.807, 2.05) is 0 Å². The van der Waals surface area contributed by atoms with Gasteiger partial charge in [-0.1, -0.05) is 6.92 Å². The van der Waals surface area contributed by atoms with E-state index in [4.69, 9.17) is 4.74 Å². The zero-order valence-electron chi connectivity index (χ0n) is 10.7. The maximum Gasteiger partial charge on any atom is 0.0594 e. The van der Waals surface area contributed by atoms with Crippen LogP contribution in [0.25, 0.3) is 0 Å². The Morgan fingerprint density at radius 3 is 2.56 bits per heavy atom. The first-order valence-corrected chi connectivity index (χ1v) is 6.79. The Morgan fingerprint density at radius 1 is 1.25 bits per heavy atom. The number of rotatable bonds is 6. The summed E-state index contributed by atoms with van der Waals surface area (Å²) in [5.41, 5.74) is 0. The largest absolute Gasteiger partial charge is 0.379 e. The van der Waals surface area contributed by atoms with Crippen LogP contribution in [0.15, 0.2) is 0 Å². The predicted octanol–water partition coefficient (Wildman–Crippen LogP) is 1.34. The number of hydrogen-bond donors (Lipinski definition) is 1. The van der Waals surface area contributed by atoms with Gasteiger partial charge in [0, 0.05) is 25.7 Å². The van der Waals surface area contributed by atoms with E-state index in [-0.39, 0.29) is 0 Å². The molecule has 1 N–H and O–H groups in total. The van der Waals surface area contributed by atoms with Gasteiger partial charge in [0.25, 0.3) is 0 Å². The van der Waals surface area contributed by atoms with Crippen molar-refractivity contribution < 1.29 is 4.74 Å². The van der Waals surface area contributed by atoms with E-state index in [1.54, 1.807) is 0 Å². The van der Waals surface area contributed by atoms with Gasteiger partial charge in [0.1, 0.15) is 0 Å². The highest BCUT2D eigenvalue weighted by molar-refractivity contribution is 4.81. The zero-order valence-corrected chi connectivity index (χ0v) is 10.7. The van der Waals surface area contributed by atoms with Crippen molar-refractivity contribution in [3.63, 3.8) is 0 Å². The lowest BCUT2D eigenvalue weighted by molar-refractivity contribution is 0.0342. The molecule has 94 valence electrons. The van der Waals surface area contributed by atoms with Crippen molar-refractivity contribution in [1.29, 1.82) is 0 Å². The van der Waals surface area contributed by atoms with Crippen molar-refractivity contribution >= 4 is 0 Å². The van der Waals surface area contributed by atoms with E-state index in [1.165, 1.54) is 25.9 Å². The second-order valence-electron chi connectivity index (χ2n) is 5.54. The summed E-state index contributed by atoms with van der Waals surface area (Å²) in [7, 11) is 0. The van der Waals surface area contributed by atoms with Crippen molar-refractivity contribution in [3.8, 4) is 0 Å². The smallest absolute Gasteiger partial charge is 0.0594 e. The number of morpholine rings is 1. The van der Waals surface area contributed by atoms with Crippen molar-refractivity contribution in [1.82, 2.24) is 10.2 Å². The summed E-state index contributed by atoms with van der Waals surface area (Å²) < 4.78 is 5.36. The maximum atomic E-state index is 5.36. The third-order valence-corrected chi connectivity index (χ3v) is 3.85.